The molecule has 0 aliphatic rings. The first-order valence-corrected chi connectivity index (χ1v) is 7.67. The number of hydrogen-bond acceptors (Lipinski definition) is 4. The fourth-order valence-electron chi connectivity index (χ4n) is 1.97. The summed E-state index contributed by atoms with van der Waals surface area (Å²) < 4.78 is 5.58. The van der Waals surface area contributed by atoms with Gasteiger partial charge in [0, 0.05) is 4.88 Å². The maximum atomic E-state index is 11.9. The topological polar surface area (TPSA) is 51.2 Å². The number of ether oxygens (including phenoxy) is 1. The summed E-state index contributed by atoms with van der Waals surface area (Å²) in [4.78, 5) is 17.3. The molecule has 1 amide bonds. The largest absolute Gasteiger partial charge is 0.483 e. The van der Waals surface area contributed by atoms with Gasteiger partial charge in [0.05, 0.1) is 17.2 Å². The van der Waals surface area contributed by atoms with Gasteiger partial charge < -0.3 is 10.1 Å². The normalized spacial score (nSPS) is 10.5. The summed E-state index contributed by atoms with van der Waals surface area (Å²) in [6.45, 7) is 8.43. The molecule has 0 bridgehead atoms. The molecule has 21 heavy (non-hydrogen) atoms. The molecule has 0 saturated heterocycles. The maximum absolute atomic E-state index is 11.9. The Morgan fingerprint density at radius 2 is 2.05 bits per heavy atom. The number of nitrogens with zero attached hydrogens (tertiary/aromatic N) is 1. The number of carbonyl (C=O) groups excluding carboxylic acids is 1. The Bertz CT molecular complexity index is 650. The Hall–Kier alpha value is -1.88. The van der Waals surface area contributed by atoms with E-state index in [0.717, 1.165) is 32.5 Å². The molecule has 0 aliphatic carbocycles. The fourth-order valence-corrected chi connectivity index (χ4v) is 2.85. The van der Waals surface area contributed by atoms with Gasteiger partial charge in [-0.15, -0.1) is 11.3 Å². The van der Waals surface area contributed by atoms with Crippen molar-refractivity contribution < 1.29 is 9.53 Å². The van der Waals surface area contributed by atoms with E-state index in [9.17, 15) is 4.79 Å². The van der Waals surface area contributed by atoms with E-state index in [1.807, 2.05) is 45.9 Å². The zero-order valence-electron chi connectivity index (χ0n) is 12.8. The lowest BCUT2D eigenvalue weighted by molar-refractivity contribution is -0.123. The number of hydrogen-bond donors (Lipinski definition) is 1. The number of aromatic nitrogens is 1. The summed E-state index contributed by atoms with van der Waals surface area (Å²) in [5.41, 5.74) is 3.13. The molecule has 0 fully saturated rings. The fraction of sp³-hybridized carbons (Fsp3) is 0.375. The first-order chi connectivity index (χ1) is 9.95. The molecular formula is C16H20N2O2S. The van der Waals surface area contributed by atoms with Crippen molar-refractivity contribution >= 4 is 17.2 Å². The summed E-state index contributed by atoms with van der Waals surface area (Å²) in [5, 5.41) is 3.88. The third-order valence-corrected chi connectivity index (χ3v) is 4.22. The molecule has 1 N–H and O–H groups in total. The minimum atomic E-state index is -0.124. The zero-order valence-corrected chi connectivity index (χ0v) is 13.6. The van der Waals surface area contributed by atoms with Crippen LogP contribution in [0.2, 0.25) is 0 Å². The van der Waals surface area contributed by atoms with Crippen molar-refractivity contribution in [3.05, 3.63) is 44.9 Å². The van der Waals surface area contributed by atoms with Crippen molar-refractivity contribution in [2.24, 2.45) is 0 Å². The van der Waals surface area contributed by atoms with Crippen LogP contribution in [0.3, 0.4) is 0 Å². The SMILES string of the molecule is Cc1ccc(C)c(OCC(=O)NCc2sc(C)nc2C)c1. The van der Waals surface area contributed by atoms with Gasteiger partial charge in [0.25, 0.3) is 5.91 Å². The van der Waals surface area contributed by atoms with Crippen LogP contribution in [0.15, 0.2) is 18.2 Å². The van der Waals surface area contributed by atoms with E-state index in [1.54, 1.807) is 11.3 Å². The van der Waals surface area contributed by atoms with Crippen molar-refractivity contribution in [2.75, 3.05) is 6.61 Å². The molecule has 1 aromatic heterocycles. The molecule has 2 rings (SSSR count). The second kappa shape index (κ2) is 6.72. The van der Waals surface area contributed by atoms with Crippen molar-refractivity contribution in [2.45, 2.75) is 34.2 Å². The van der Waals surface area contributed by atoms with Gasteiger partial charge in [0.1, 0.15) is 5.75 Å². The average Bonchev–Trinajstić information content (AvgIpc) is 2.75. The van der Waals surface area contributed by atoms with Gasteiger partial charge in [-0.2, -0.15) is 0 Å². The summed E-state index contributed by atoms with van der Waals surface area (Å²) in [5.74, 6) is 0.635. The van der Waals surface area contributed by atoms with Crippen LogP contribution in [0.25, 0.3) is 0 Å². The highest BCUT2D eigenvalue weighted by Gasteiger charge is 2.08. The number of benzene rings is 1. The number of amides is 1. The Morgan fingerprint density at radius 1 is 1.29 bits per heavy atom. The number of aryl methyl sites for hydroxylation is 4. The van der Waals surface area contributed by atoms with Crippen LogP contribution in [0.5, 0.6) is 5.75 Å². The summed E-state index contributed by atoms with van der Waals surface area (Å²) in [6, 6.07) is 5.96. The van der Waals surface area contributed by atoms with Crippen molar-refractivity contribution in [1.29, 1.82) is 0 Å². The second-order valence-electron chi connectivity index (χ2n) is 5.08. The lowest BCUT2D eigenvalue weighted by Crippen LogP contribution is -2.28. The number of rotatable bonds is 5. The molecule has 0 spiro atoms. The Morgan fingerprint density at radius 3 is 2.71 bits per heavy atom. The zero-order chi connectivity index (χ0) is 15.4. The Balaban J connectivity index is 1.85. The summed E-state index contributed by atoms with van der Waals surface area (Å²) in [7, 11) is 0. The van der Waals surface area contributed by atoms with E-state index < -0.39 is 0 Å². The van der Waals surface area contributed by atoms with Crippen LogP contribution in [-0.4, -0.2) is 17.5 Å². The highest BCUT2D eigenvalue weighted by Crippen LogP contribution is 2.19. The van der Waals surface area contributed by atoms with Crippen LogP contribution in [0.4, 0.5) is 0 Å². The molecular weight excluding hydrogens is 284 g/mol. The number of thiazole rings is 1. The van der Waals surface area contributed by atoms with Gasteiger partial charge in [0.2, 0.25) is 0 Å². The predicted octanol–water partition coefficient (Wildman–Crippen LogP) is 3.07. The third kappa shape index (κ3) is 4.29. The lowest BCUT2D eigenvalue weighted by Gasteiger charge is -2.10. The molecule has 0 saturated carbocycles. The van der Waals surface area contributed by atoms with Crippen LogP contribution >= 0.6 is 11.3 Å². The van der Waals surface area contributed by atoms with E-state index >= 15 is 0 Å². The summed E-state index contributed by atoms with van der Waals surface area (Å²) >= 11 is 1.61. The molecule has 0 unspecified atom stereocenters. The van der Waals surface area contributed by atoms with Gasteiger partial charge in [-0.1, -0.05) is 12.1 Å². The van der Waals surface area contributed by atoms with Crippen molar-refractivity contribution in [3.8, 4) is 5.75 Å². The van der Waals surface area contributed by atoms with Crippen LogP contribution in [0, 0.1) is 27.7 Å². The van der Waals surface area contributed by atoms with Crippen LogP contribution in [0.1, 0.15) is 26.7 Å². The lowest BCUT2D eigenvalue weighted by atomic mass is 10.1. The smallest absolute Gasteiger partial charge is 0.258 e. The third-order valence-electron chi connectivity index (χ3n) is 3.15. The van der Waals surface area contributed by atoms with E-state index in [2.05, 4.69) is 10.3 Å². The minimum absolute atomic E-state index is 0.0289. The number of nitrogens with one attached hydrogen (secondary N) is 1. The Kier molecular flexibility index (Phi) is 4.96. The summed E-state index contributed by atoms with van der Waals surface area (Å²) in [6.07, 6.45) is 0. The van der Waals surface area contributed by atoms with Gasteiger partial charge >= 0.3 is 0 Å². The van der Waals surface area contributed by atoms with Crippen LogP contribution in [-0.2, 0) is 11.3 Å². The van der Waals surface area contributed by atoms with Crippen molar-refractivity contribution in [3.63, 3.8) is 0 Å². The predicted molar refractivity (Wildman–Crippen MR) is 84.8 cm³/mol. The molecule has 1 aromatic carbocycles. The first-order valence-electron chi connectivity index (χ1n) is 6.85. The quantitative estimate of drug-likeness (QED) is 0.923. The van der Waals surface area contributed by atoms with Gasteiger partial charge in [-0.3, -0.25) is 4.79 Å². The molecule has 0 atom stereocenters. The van der Waals surface area contributed by atoms with Gasteiger partial charge in [0.15, 0.2) is 6.61 Å². The molecule has 0 radical (unpaired) electrons. The van der Waals surface area contributed by atoms with Gasteiger partial charge in [-0.25, -0.2) is 4.98 Å². The van der Waals surface area contributed by atoms with E-state index in [4.69, 9.17) is 4.74 Å². The molecule has 2 aromatic rings. The second-order valence-corrected chi connectivity index (χ2v) is 6.36. The maximum Gasteiger partial charge on any atom is 0.258 e. The Labute approximate surface area is 129 Å². The standard InChI is InChI=1S/C16H20N2O2S/c1-10-5-6-11(2)14(7-10)20-9-16(19)17-8-15-12(3)18-13(4)21-15/h5-7H,8-9H2,1-4H3,(H,17,19). The molecule has 1 heterocycles. The average molecular weight is 304 g/mol. The van der Waals surface area contributed by atoms with E-state index in [1.165, 1.54) is 0 Å². The molecule has 5 heteroatoms. The van der Waals surface area contributed by atoms with Crippen molar-refractivity contribution in [1.82, 2.24) is 10.3 Å². The molecule has 112 valence electrons. The molecule has 4 nitrogen and oxygen atoms in total. The van der Waals surface area contributed by atoms with Crippen LogP contribution < -0.4 is 10.1 Å². The molecule has 0 aliphatic heterocycles. The van der Waals surface area contributed by atoms with Gasteiger partial charge in [-0.05, 0) is 44.9 Å². The minimum Gasteiger partial charge on any atom is -0.483 e. The highest BCUT2D eigenvalue weighted by atomic mass is 32.1. The van der Waals surface area contributed by atoms with E-state index in [0.29, 0.717) is 6.54 Å². The first kappa shape index (κ1) is 15.5. The van der Waals surface area contributed by atoms with E-state index in [-0.39, 0.29) is 12.5 Å². The highest BCUT2D eigenvalue weighted by molar-refractivity contribution is 7.11. The monoisotopic (exact) mass is 304 g/mol. The number of carbonyl (C=O) groups is 1.